The number of benzene rings is 1. The number of hydrogen-bond acceptors (Lipinski definition) is 2. The Kier molecular flexibility index (Phi) is 3.89. The minimum Gasteiger partial charge on any atom is -0.396 e. The predicted molar refractivity (Wildman–Crippen MR) is 82.3 cm³/mol. The number of nitrogens with zero attached hydrogens (tertiary/aromatic N) is 1. The average Bonchev–Trinajstić information content (AvgIpc) is 3.12. The van der Waals surface area contributed by atoms with E-state index in [2.05, 4.69) is 36.5 Å². The van der Waals surface area contributed by atoms with Crippen LogP contribution in [0.1, 0.15) is 30.4 Å². The summed E-state index contributed by atoms with van der Waals surface area (Å²) in [5.41, 5.74) is 2.84. The minimum absolute atomic E-state index is 0.0193. The third-order valence-electron chi connectivity index (χ3n) is 4.98. The maximum absolute atomic E-state index is 12.2. The van der Waals surface area contributed by atoms with Crippen LogP contribution in [0.4, 0.5) is 4.79 Å². The number of nitrogens with one attached hydrogen (secondary N) is 1. The first-order chi connectivity index (χ1) is 10.1. The molecule has 2 aliphatic rings. The van der Waals surface area contributed by atoms with Gasteiger partial charge in [0.2, 0.25) is 0 Å². The standard InChI is InChI=1S/C17H24N2O2/c1-13-4-2-3-5-15(13)17(7-8-17)12-18-16(21)19-9-6-14(10-19)11-20/h2-5,14,20H,6-12H2,1H3,(H,18,21). The number of rotatable bonds is 4. The average molecular weight is 288 g/mol. The van der Waals surface area contributed by atoms with Crippen molar-refractivity contribution < 1.29 is 9.90 Å². The van der Waals surface area contributed by atoms with Gasteiger partial charge in [0.25, 0.3) is 0 Å². The van der Waals surface area contributed by atoms with Crippen molar-refractivity contribution in [2.45, 2.75) is 31.6 Å². The van der Waals surface area contributed by atoms with Crippen LogP contribution in [0.3, 0.4) is 0 Å². The maximum Gasteiger partial charge on any atom is 0.317 e. The lowest BCUT2D eigenvalue weighted by atomic mass is 9.92. The van der Waals surface area contributed by atoms with Crippen LogP contribution in [-0.4, -0.2) is 42.3 Å². The molecule has 1 heterocycles. The zero-order valence-electron chi connectivity index (χ0n) is 12.6. The normalized spacial score (nSPS) is 23.1. The van der Waals surface area contributed by atoms with Gasteiger partial charge in [0.1, 0.15) is 0 Å². The molecule has 1 unspecified atom stereocenters. The van der Waals surface area contributed by atoms with Gasteiger partial charge < -0.3 is 15.3 Å². The van der Waals surface area contributed by atoms with Crippen molar-refractivity contribution in [3.63, 3.8) is 0 Å². The second kappa shape index (κ2) is 5.68. The number of urea groups is 1. The monoisotopic (exact) mass is 288 g/mol. The van der Waals surface area contributed by atoms with Gasteiger partial charge in [-0.05, 0) is 37.3 Å². The summed E-state index contributed by atoms with van der Waals surface area (Å²) in [4.78, 5) is 14.1. The Balaban J connectivity index is 1.58. The molecule has 1 saturated carbocycles. The summed E-state index contributed by atoms with van der Waals surface area (Å²) in [5, 5.41) is 12.3. The molecule has 0 bridgehead atoms. The SMILES string of the molecule is Cc1ccccc1C1(CNC(=O)N2CCC(CO)C2)CC1. The summed E-state index contributed by atoms with van der Waals surface area (Å²) in [7, 11) is 0. The van der Waals surface area contributed by atoms with Crippen molar-refractivity contribution in [3.05, 3.63) is 35.4 Å². The van der Waals surface area contributed by atoms with E-state index >= 15 is 0 Å². The number of amides is 2. The molecular weight excluding hydrogens is 264 g/mol. The van der Waals surface area contributed by atoms with Gasteiger partial charge in [0.05, 0.1) is 0 Å². The first-order valence-electron chi connectivity index (χ1n) is 7.84. The molecule has 114 valence electrons. The van der Waals surface area contributed by atoms with Gasteiger partial charge in [-0.2, -0.15) is 0 Å². The largest absolute Gasteiger partial charge is 0.396 e. The molecule has 0 spiro atoms. The number of carbonyl (C=O) groups excluding carboxylic acids is 1. The van der Waals surface area contributed by atoms with Crippen LogP contribution < -0.4 is 5.32 Å². The van der Waals surface area contributed by atoms with Crippen LogP contribution in [0.5, 0.6) is 0 Å². The highest BCUT2D eigenvalue weighted by Crippen LogP contribution is 2.48. The van der Waals surface area contributed by atoms with E-state index in [0.717, 1.165) is 32.4 Å². The zero-order chi connectivity index (χ0) is 14.9. The lowest BCUT2D eigenvalue weighted by Crippen LogP contribution is -2.42. The van der Waals surface area contributed by atoms with E-state index in [4.69, 9.17) is 5.11 Å². The first-order valence-corrected chi connectivity index (χ1v) is 7.84. The topological polar surface area (TPSA) is 52.6 Å². The van der Waals surface area contributed by atoms with Crippen LogP contribution in [0, 0.1) is 12.8 Å². The number of hydrogen-bond donors (Lipinski definition) is 2. The fraction of sp³-hybridized carbons (Fsp3) is 0.588. The lowest BCUT2D eigenvalue weighted by Gasteiger charge is -2.22. The molecule has 1 saturated heterocycles. The van der Waals surface area contributed by atoms with E-state index in [0.29, 0.717) is 6.54 Å². The summed E-state index contributed by atoms with van der Waals surface area (Å²) in [6, 6.07) is 8.49. The highest BCUT2D eigenvalue weighted by Gasteiger charge is 2.45. The molecule has 1 aromatic rings. The number of carbonyl (C=O) groups is 1. The second-order valence-electron chi connectivity index (χ2n) is 6.54. The molecule has 2 fully saturated rings. The predicted octanol–water partition coefficient (Wildman–Crippen LogP) is 2.05. The number of likely N-dealkylation sites (tertiary alicyclic amines) is 1. The number of aliphatic hydroxyl groups excluding tert-OH is 1. The Morgan fingerprint density at radius 1 is 1.43 bits per heavy atom. The third-order valence-corrected chi connectivity index (χ3v) is 4.98. The fourth-order valence-electron chi connectivity index (χ4n) is 3.38. The van der Waals surface area contributed by atoms with Crippen LogP contribution in [-0.2, 0) is 5.41 Å². The molecule has 0 aromatic heterocycles. The number of aryl methyl sites for hydroxylation is 1. The van der Waals surface area contributed by atoms with Crippen LogP contribution in [0.15, 0.2) is 24.3 Å². The summed E-state index contributed by atoms with van der Waals surface area (Å²) >= 11 is 0. The molecule has 1 atom stereocenters. The highest BCUT2D eigenvalue weighted by atomic mass is 16.3. The first kappa shape index (κ1) is 14.4. The molecule has 1 aromatic carbocycles. The van der Waals surface area contributed by atoms with Gasteiger partial charge in [-0.1, -0.05) is 24.3 Å². The molecule has 1 aliphatic carbocycles. The quantitative estimate of drug-likeness (QED) is 0.891. The van der Waals surface area contributed by atoms with Crippen molar-refractivity contribution in [1.82, 2.24) is 10.2 Å². The van der Waals surface area contributed by atoms with Gasteiger partial charge in [0.15, 0.2) is 0 Å². The van der Waals surface area contributed by atoms with Gasteiger partial charge in [-0.25, -0.2) is 4.79 Å². The molecular formula is C17H24N2O2. The van der Waals surface area contributed by atoms with Crippen LogP contribution in [0.2, 0.25) is 0 Å². The maximum atomic E-state index is 12.2. The van der Waals surface area contributed by atoms with E-state index in [1.54, 1.807) is 0 Å². The van der Waals surface area contributed by atoms with Gasteiger partial charge in [-0.3, -0.25) is 0 Å². The molecule has 2 amide bonds. The molecule has 4 heteroatoms. The van der Waals surface area contributed by atoms with Crippen LogP contribution in [0.25, 0.3) is 0 Å². The molecule has 2 N–H and O–H groups in total. The smallest absolute Gasteiger partial charge is 0.317 e. The molecule has 4 nitrogen and oxygen atoms in total. The Hall–Kier alpha value is -1.55. The van der Waals surface area contributed by atoms with E-state index < -0.39 is 0 Å². The Bertz CT molecular complexity index is 525. The second-order valence-corrected chi connectivity index (χ2v) is 6.54. The number of aliphatic hydroxyl groups is 1. The van der Waals surface area contributed by atoms with Crippen molar-refractivity contribution in [1.29, 1.82) is 0 Å². The van der Waals surface area contributed by atoms with Crippen LogP contribution >= 0.6 is 0 Å². The summed E-state index contributed by atoms with van der Waals surface area (Å²) in [6.07, 6.45) is 3.21. The van der Waals surface area contributed by atoms with Gasteiger partial charge in [0, 0.05) is 37.6 Å². The van der Waals surface area contributed by atoms with E-state index in [9.17, 15) is 4.79 Å². The fourth-order valence-corrected chi connectivity index (χ4v) is 3.38. The highest BCUT2D eigenvalue weighted by molar-refractivity contribution is 5.74. The Morgan fingerprint density at radius 3 is 2.81 bits per heavy atom. The van der Waals surface area contributed by atoms with E-state index in [1.165, 1.54) is 11.1 Å². The molecule has 3 rings (SSSR count). The van der Waals surface area contributed by atoms with E-state index in [-0.39, 0.29) is 24.0 Å². The van der Waals surface area contributed by atoms with Crippen molar-refractivity contribution in [2.24, 2.45) is 5.92 Å². The van der Waals surface area contributed by atoms with Gasteiger partial charge >= 0.3 is 6.03 Å². The summed E-state index contributed by atoms with van der Waals surface area (Å²) in [5.74, 6) is 0.252. The zero-order valence-corrected chi connectivity index (χ0v) is 12.6. The molecule has 0 radical (unpaired) electrons. The van der Waals surface area contributed by atoms with E-state index in [1.807, 2.05) is 4.90 Å². The lowest BCUT2D eigenvalue weighted by molar-refractivity contribution is 0.197. The van der Waals surface area contributed by atoms with Crippen molar-refractivity contribution in [2.75, 3.05) is 26.2 Å². The Morgan fingerprint density at radius 2 is 2.19 bits per heavy atom. The molecule has 21 heavy (non-hydrogen) atoms. The Labute approximate surface area is 126 Å². The summed E-state index contributed by atoms with van der Waals surface area (Å²) < 4.78 is 0. The molecule has 1 aliphatic heterocycles. The minimum atomic E-state index is 0.0193. The van der Waals surface area contributed by atoms with Crippen molar-refractivity contribution >= 4 is 6.03 Å². The summed E-state index contributed by atoms with van der Waals surface area (Å²) in [6.45, 7) is 4.48. The van der Waals surface area contributed by atoms with Crippen molar-refractivity contribution in [3.8, 4) is 0 Å². The third kappa shape index (κ3) is 2.91. The van der Waals surface area contributed by atoms with Gasteiger partial charge in [-0.15, -0.1) is 0 Å².